The molecule has 12 unspecified atom stereocenters. The smallest absolute Gasteiger partial charge is 0.483 e. The number of phosphoric ester groups is 4. The van der Waals surface area contributed by atoms with Crippen LogP contribution in [0.3, 0.4) is 0 Å². The zero-order valence-corrected chi connectivity index (χ0v) is 60.6. The maximum absolute atomic E-state index is 12.7. The molecule has 4 aliphatic rings. The van der Waals surface area contributed by atoms with Crippen LogP contribution >= 0.6 is 44.1 Å². The van der Waals surface area contributed by atoms with Gasteiger partial charge in [0.15, 0.2) is 25.1 Å². The van der Waals surface area contributed by atoms with Gasteiger partial charge < -0.3 is 187 Å². The number of aliphatic hydroxyl groups excluding tert-OH is 14. The lowest BCUT2D eigenvalue weighted by molar-refractivity contribution is -0.363. The van der Waals surface area contributed by atoms with Gasteiger partial charge in [-0.15, -0.1) is 0 Å². The van der Waals surface area contributed by atoms with Crippen molar-refractivity contribution in [3.63, 3.8) is 0 Å². The number of nitrogens with zero attached hydrogens (tertiary/aromatic N) is 1. The highest BCUT2D eigenvalue weighted by Crippen LogP contribution is 2.61. The van der Waals surface area contributed by atoms with Crippen molar-refractivity contribution in [2.45, 2.75) is 162 Å². The van der Waals surface area contributed by atoms with Crippen molar-refractivity contribution in [3.05, 3.63) is 33.1 Å². The van der Waals surface area contributed by atoms with Crippen LogP contribution in [-0.2, 0) is 102 Å². The van der Waals surface area contributed by atoms with E-state index in [1.807, 2.05) is 4.98 Å². The molecule has 107 heavy (non-hydrogen) atoms. The highest BCUT2D eigenvalue weighted by Gasteiger charge is 2.52. The number of amides is 3. The van der Waals surface area contributed by atoms with Gasteiger partial charge in [0.25, 0.3) is 5.56 Å². The van der Waals surface area contributed by atoms with E-state index < -0.39 is 197 Å². The van der Waals surface area contributed by atoms with Gasteiger partial charge in [0.05, 0.1) is 114 Å². The largest absolute Gasteiger partial charge is 0.790 e. The topological polar surface area (TPSA) is 791 Å². The molecule has 3 amide bonds. The zero-order chi connectivity index (χ0) is 80.0. The number of ether oxygens (including phenoxy) is 10. The predicted molar refractivity (Wildman–Crippen MR) is 345 cm³/mol. The SMILES string of the molecule is C.NC1[C@@H](OP(=O)([O-])[O-])OC(CO)[C@H](O)[C@@H]1O.O=C(CCOCCOCCCO)NC1[C@@H](OP(=O)(O)OP(=O)(O)OCC2OC(n3ccc(=O)[nH]c3=O)C(O)C2O)OC(CO)[C@H](O)[C@@H]1O.O=C(CCOCCOCCCO)NC1[C@@H](OP(=O)([O-])[O-])OC(CO)[C@H](O)[C@@H]1O.O=C(CCOCCOCCCO)NS. The Bertz CT molecular complexity index is 2970. The number of carbonyl (C=O) groups is 3. The first-order chi connectivity index (χ1) is 49.8. The Labute approximate surface area is 614 Å². The van der Waals surface area contributed by atoms with Crippen LogP contribution in [0.2, 0.25) is 0 Å². The van der Waals surface area contributed by atoms with Gasteiger partial charge in [-0.25, -0.2) is 13.9 Å². The molecule has 0 radical (unpaired) electrons. The fraction of sp³-hybridized carbons (Fsp3) is 0.865. The second-order valence-electron chi connectivity index (χ2n) is 22.2. The number of aliphatic hydroxyl groups is 14. The normalized spacial score (nSPS) is 29.0. The number of nitrogens with one attached hydrogen (secondary N) is 4. The van der Waals surface area contributed by atoms with Gasteiger partial charge in [0.2, 0.25) is 17.7 Å². The summed E-state index contributed by atoms with van der Waals surface area (Å²) in [5.41, 5.74) is 3.52. The average Bonchev–Trinajstić information content (AvgIpc) is 1.50. The van der Waals surface area contributed by atoms with E-state index in [2.05, 4.69) is 46.1 Å². The quantitative estimate of drug-likeness (QED) is 0.0164. The van der Waals surface area contributed by atoms with Crippen LogP contribution in [0.15, 0.2) is 21.9 Å². The molecule has 5 heterocycles. The summed E-state index contributed by atoms with van der Waals surface area (Å²) in [6, 6.07) is -3.85. The summed E-state index contributed by atoms with van der Waals surface area (Å²) in [4.78, 5) is 123. The van der Waals surface area contributed by atoms with Crippen molar-refractivity contribution in [3.8, 4) is 0 Å². The molecule has 1 aromatic heterocycles. The van der Waals surface area contributed by atoms with Gasteiger partial charge in [0, 0.05) is 64.7 Å². The van der Waals surface area contributed by atoms with Gasteiger partial charge in [-0.05, 0) is 19.3 Å². The molecule has 4 fully saturated rings. The number of thiol groups is 1. The predicted octanol–water partition coefficient (Wildman–Crippen LogP) is -13.3. The summed E-state index contributed by atoms with van der Waals surface area (Å²) in [5, 5.41) is 137. The van der Waals surface area contributed by atoms with E-state index in [1.165, 1.54) is 0 Å². The van der Waals surface area contributed by atoms with Crippen LogP contribution in [0.1, 0.15) is 52.2 Å². The molecule has 5 rings (SSSR count). The molecule has 0 aromatic carbocycles. The Balaban J connectivity index is 0.000000812. The summed E-state index contributed by atoms with van der Waals surface area (Å²) < 4.78 is 122. The van der Waals surface area contributed by atoms with Crippen LogP contribution in [0, 0.1) is 0 Å². The lowest BCUT2D eigenvalue weighted by atomic mass is 9.97. The number of rotatable bonds is 44. The van der Waals surface area contributed by atoms with Crippen LogP contribution < -0.4 is 51.9 Å². The molecule has 55 heteroatoms. The number of hydrogen-bond donors (Lipinski definition) is 22. The molecule has 22 N–H and O–H groups in total. The van der Waals surface area contributed by atoms with Gasteiger partial charge in [-0.2, -0.15) is 4.31 Å². The number of carbonyl (C=O) groups excluding carboxylic acids is 3. The lowest BCUT2D eigenvalue weighted by Crippen LogP contribution is -2.64. The second-order valence-corrected chi connectivity index (χ2v) is 27.6. The number of nitrogens with two attached hydrogens (primary N) is 1. The molecule has 630 valence electrons. The number of aromatic nitrogens is 2. The molecule has 4 saturated heterocycles. The number of hydrogen-bond acceptors (Lipinski definition) is 44. The van der Waals surface area contributed by atoms with E-state index >= 15 is 0 Å². The molecule has 21 atom stereocenters. The molecule has 4 aliphatic heterocycles. The summed E-state index contributed by atoms with van der Waals surface area (Å²) >= 11 is 3.59. The van der Waals surface area contributed by atoms with E-state index in [1.54, 1.807) is 0 Å². The van der Waals surface area contributed by atoms with E-state index in [0.29, 0.717) is 65.3 Å². The average molecular weight is 1670 g/mol. The van der Waals surface area contributed by atoms with Gasteiger partial charge in [-0.3, -0.25) is 37.8 Å². The summed E-state index contributed by atoms with van der Waals surface area (Å²) in [7, 11) is -22.2. The fourth-order valence-electron chi connectivity index (χ4n) is 8.83. The number of H-pyrrole nitrogens is 1. The van der Waals surface area contributed by atoms with Crippen LogP contribution in [0.25, 0.3) is 0 Å². The number of aromatic amines is 1. The third-order valence-corrected chi connectivity index (χ3v) is 17.9. The van der Waals surface area contributed by atoms with Crippen molar-refractivity contribution >= 4 is 61.8 Å². The summed E-state index contributed by atoms with van der Waals surface area (Å²) in [6.45, 7) is -0.215. The van der Waals surface area contributed by atoms with Crippen molar-refractivity contribution in [2.75, 3.05) is 126 Å². The molecule has 0 saturated carbocycles. The van der Waals surface area contributed by atoms with Crippen LogP contribution in [0.4, 0.5) is 0 Å². The number of phosphoric acid groups is 4. The van der Waals surface area contributed by atoms with Crippen molar-refractivity contribution in [1.82, 2.24) is 24.9 Å². The molecule has 0 spiro atoms. The Morgan fingerprint density at radius 3 is 1.25 bits per heavy atom. The standard InChI is InChI=1S/C23H39N3O20P2.C14H28NO12P.C8H17NO4S.C6H14NO8P.CH4/c27-5-1-6-40-8-9-41-7-3-15(30)24-16-19(33)17(31)12(10-28)44-22(16)45-48(38,39)46-47(36,37)42-11-13-18(32)20(34)21(43-13)26-4-2-14(29)25-23(26)35;16-3-1-4-24-6-7-25-5-2-10(18)15-11-13(20)12(19)9(8-17)26-14(11)27-28(21,22)23;10-3-1-4-12-6-7-13-5-2-8(11)9-14;7-3-5(10)4(9)2(1-8)14-6(3)15-16(11,12)13;/h2,4,12-13,16-22,27-28,31-34H,1,3,5-11H2,(H,24,30)(H,36,37)(H,38,39)(H,25,29,35);9,11-14,16-17,19-20H,1-8H2,(H,15,18)(H2,21,22,23);10,14H,1-7H2,(H,9,11);2-6,8-10H,1,7H2,(H2,11,12,13);1H4/p-4/t12?,13?,16?,17-,18?,19+,20?,21?,22+;9?,11?,12-,13+,14+;;2?,3?,4-,5+,6+;/m00.0./s1. The van der Waals surface area contributed by atoms with E-state index in [0.717, 1.165) is 16.8 Å². The minimum Gasteiger partial charge on any atom is -0.790 e. The fourth-order valence-corrected chi connectivity index (χ4v) is 12.0. The van der Waals surface area contributed by atoms with E-state index in [-0.39, 0.29) is 85.6 Å². The maximum Gasteiger partial charge on any atom is 0.483 e. The minimum absolute atomic E-state index is 0. The van der Waals surface area contributed by atoms with E-state index in [4.69, 9.17) is 83.2 Å². The summed E-state index contributed by atoms with van der Waals surface area (Å²) in [5.74, 6) is -1.67. The van der Waals surface area contributed by atoms with Crippen LogP contribution in [0.5, 0.6) is 0 Å². The second kappa shape index (κ2) is 53.1. The monoisotopic (exact) mass is 1670 g/mol. The van der Waals surface area contributed by atoms with Gasteiger partial charge in [-0.1, -0.05) is 20.2 Å². The Morgan fingerprint density at radius 2 is 0.869 bits per heavy atom. The van der Waals surface area contributed by atoms with Crippen molar-refractivity contribution < 1.29 is 203 Å². The molecule has 0 aliphatic carbocycles. The van der Waals surface area contributed by atoms with Gasteiger partial charge >= 0.3 is 21.3 Å². The minimum atomic E-state index is -5.72. The first-order valence-corrected chi connectivity index (χ1v) is 38.1. The highest BCUT2D eigenvalue weighted by molar-refractivity contribution is 7.78. The van der Waals surface area contributed by atoms with Crippen molar-refractivity contribution in [2.24, 2.45) is 5.73 Å². The Kier molecular flexibility index (Phi) is 50.6. The Hall–Kier alpha value is -3.08. The third-order valence-electron chi connectivity index (χ3n) is 14.1. The zero-order valence-electron chi connectivity index (χ0n) is 56.1. The lowest BCUT2D eigenvalue weighted by Gasteiger charge is -2.45. The molecule has 1 aromatic rings. The highest BCUT2D eigenvalue weighted by atomic mass is 32.1. The van der Waals surface area contributed by atoms with Gasteiger partial charge in [0.1, 0.15) is 85.3 Å². The maximum atomic E-state index is 12.7. The molecule has 0 bridgehead atoms. The summed E-state index contributed by atoms with van der Waals surface area (Å²) in [6.07, 6.45) is -24.8. The first-order valence-electron chi connectivity index (χ1n) is 31.7. The van der Waals surface area contributed by atoms with Crippen LogP contribution in [-0.4, -0.2) is 344 Å². The molecular formula is C52H98N6O44P4S-4. The third kappa shape index (κ3) is 39.5. The van der Waals surface area contributed by atoms with E-state index in [9.17, 15) is 118 Å². The molecular weight excluding hydrogens is 1570 g/mol. The van der Waals surface area contributed by atoms with Crippen molar-refractivity contribution in [1.29, 1.82) is 0 Å². The Morgan fingerprint density at radius 1 is 0.505 bits per heavy atom. The molecule has 50 nitrogen and oxygen atoms in total. The first kappa shape index (κ1) is 102.